The van der Waals surface area contributed by atoms with Crippen molar-refractivity contribution in [2.75, 3.05) is 0 Å². The van der Waals surface area contributed by atoms with Crippen LogP contribution >= 0.6 is 0 Å². The summed E-state index contributed by atoms with van der Waals surface area (Å²) in [5, 5.41) is 4.77. The van der Waals surface area contributed by atoms with Crippen LogP contribution in [0.2, 0.25) is 0 Å². The molecule has 0 aliphatic heterocycles. The number of rotatable bonds is 8. The molecule has 2 unspecified atom stereocenters. The molecule has 11 aromatic rings. The summed E-state index contributed by atoms with van der Waals surface area (Å²) in [4.78, 5) is 10.8. The fourth-order valence-electron chi connectivity index (χ4n) is 13.3. The molecular formula is C76H60N2. The second-order valence-electron chi connectivity index (χ2n) is 20.6. The van der Waals surface area contributed by atoms with Crippen LogP contribution < -0.4 is 0 Å². The summed E-state index contributed by atoms with van der Waals surface area (Å²) in [6.45, 7) is 13.6. The monoisotopic (exact) mass is 1000 g/mol. The molecule has 1 aromatic heterocycles. The van der Waals surface area contributed by atoms with Gasteiger partial charge in [-0.3, -0.25) is 0 Å². The van der Waals surface area contributed by atoms with Gasteiger partial charge in [0, 0.05) is 17.0 Å². The molecule has 374 valence electrons. The lowest BCUT2D eigenvalue weighted by Gasteiger charge is -2.38. The zero-order chi connectivity index (χ0) is 52.9. The number of benzene rings is 10. The molecule has 0 radical (unpaired) electrons. The van der Waals surface area contributed by atoms with Crippen molar-refractivity contribution in [2.45, 2.75) is 51.9 Å². The first-order chi connectivity index (χ1) is 38.5. The number of allylic oxidation sites excluding steroid dienone is 9. The van der Waals surface area contributed by atoms with Crippen molar-refractivity contribution in [2.24, 2.45) is 0 Å². The van der Waals surface area contributed by atoms with E-state index in [0.29, 0.717) is 0 Å². The predicted molar refractivity (Wildman–Crippen MR) is 331 cm³/mol. The molecule has 2 heteroatoms. The van der Waals surface area contributed by atoms with E-state index < -0.39 is 5.41 Å². The van der Waals surface area contributed by atoms with E-state index in [-0.39, 0.29) is 5.92 Å². The second-order valence-corrected chi connectivity index (χ2v) is 20.6. The largest absolute Gasteiger partial charge is 0.244 e. The van der Waals surface area contributed by atoms with E-state index >= 15 is 0 Å². The fraction of sp³-hybridized carbons (Fsp3) is 0.105. The van der Waals surface area contributed by atoms with Gasteiger partial charge in [-0.05, 0) is 150 Å². The normalized spacial score (nSPS) is 16.9. The van der Waals surface area contributed by atoms with Crippen molar-refractivity contribution >= 4 is 43.7 Å². The van der Waals surface area contributed by atoms with Gasteiger partial charge >= 0.3 is 0 Å². The summed E-state index contributed by atoms with van der Waals surface area (Å²) in [5.41, 5.74) is 25.0. The van der Waals surface area contributed by atoms with Crippen LogP contribution in [-0.2, 0) is 5.41 Å². The van der Waals surface area contributed by atoms with Crippen molar-refractivity contribution in [3.8, 4) is 44.8 Å². The lowest BCUT2D eigenvalue weighted by Crippen LogP contribution is -2.31. The predicted octanol–water partition coefficient (Wildman–Crippen LogP) is 20.1. The molecule has 0 amide bonds. The minimum Gasteiger partial charge on any atom is -0.244 e. The maximum atomic E-state index is 5.46. The maximum absolute atomic E-state index is 5.46. The van der Waals surface area contributed by atoms with Gasteiger partial charge in [0.1, 0.15) is 0 Å². The topological polar surface area (TPSA) is 25.8 Å². The van der Waals surface area contributed by atoms with Crippen LogP contribution in [0, 0.1) is 6.92 Å². The second kappa shape index (κ2) is 20.0. The Bertz CT molecular complexity index is 4260. The van der Waals surface area contributed by atoms with Crippen molar-refractivity contribution in [3.05, 3.63) is 311 Å². The van der Waals surface area contributed by atoms with Crippen LogP contribution in [0.15, 0.2) is 266 Å². The maximum Gasteiger partial charge on any atom is 0.0973 e. The first-order valence-corrected chi connectivity index (χ1v) is 27.7. The van der Waals surface area contributed by atoms with Crippen molar-refractivity contribution in [3.63, 3.8) is 0 Å². The van der Waals surface area contributed by atoms with Crippen LogP contribution in [0.1, 0.15) is 84.0 Å². The third-order valence-corrected chi connectivity index (χ3v) is 16.6. The molecule has 10 aromatic carbocycles. The number of fused-ring (bicyclic) bond motifs is 6. The van der Waals surface area contributed by atoms with Gasteiger partial charge in [0.15, 0.2) is 0 Å². The van der Waals surface area contributed by atoms with E-state index in [2.05, 4.69) is 257 Å². The standard InChI is InChI=1S/C74H54N2.C2H6/c1-4-5-29-53-48(3)74(64-39-22-12-24-47(64)2,65-40-23-21-32-56(53)65)66-45-51(41-43-63(66)71-57-33-15-13-30-54(57)55-31-14-16-34-58(55)71)69-59-35-17-19-37-61(59)70(62-38-20-18-36-60(62)69)52-42-44-67-68(46-52)76-73(50-27-10-7-11-28-50)72(75-67)49-25-8-6-9-26-49;1-2/h4-15,17-33,35-46,71H,3,16,34H2,1-2H3;1-2H3/b5-4-,53-29+;. The quantitative estimate of drug-likeness (QED) is 0.142. The Balaban J connectivity index is 0.00000286. The zero-order valence-electron chi connectivity index (χ0n) is 44.8. The number of hydrogen-bond donors (Lipinski definition) is 0. The van der Waals surface area contributed by atoms with E-state index in [1.165, 1.54) is 99.5 Å². The summed E-state index contributed by atoms with van der Waals surface area (Å²) < 4.78 is 0. The Hall–Kier alpha value is -9.24. The molecule has 78 heavy (non-hydrogen) atoms. The Morgan fingerprint density at radius 2 is 1.04 bits per heavy atom. The number of aromatic nitrogens is 2. The molecule has 0 saturated carbocycles. The minimum absolute atomic E-state index is 0.0719. The van der Waals surface area contributed by atoms with Crippen molar-refractivity contribution < 1.29 is 0 Å². The van der Waals surface area contributed by atoms with Gasteiger partial charge in [0.2, 0.25) is 0 Å². The first kappa shape index (κ1) is 48.4. The Labute approximate surface area is 458 Å². The van der Waals surface area contributed by atoms with E-state index in [1.807, 2.05) is 19.9 Å². The van der Waals surface area contributed by atoms with Crippen LogP contribution in [0.5, 0.6) is 0 Å². The highest BCUT2D eigenvalue weighted by Gasteiger charge is 2.50. The average Bonchev–Trinajstić information content (AvgIpc) is 4.09. The number of nitrogens with zero attached hydrogens (tertiary/aromatic N) is 2. The van der Waals surface area contributed by atoms with E-state index in [1.54, 1.807) is 0 Å². The lowest BCUT2D eigenvalue weighted by molar-refractivity contribution is 0.736. The number of aryl methyl sites for hydroxylation is 1. The van der Waals surface area contributed by atoms with Crippen LogP contribution in [0.3, 0.4) is 0 Å². The van der Waals surface area contributed by atoms with Gasteiger partial charge in [-0.2, -0.15) is 0 Å². The van der Waals surface area contributed by atoms with E-state index in [9.17, 15) is 0 Å². The highest BCUT2D eigenvalue weighted by atomic mass is 14.8. The SMILES string of the molecule is C=C1/C(=C\C=C/C)c2ccccc2C1(c1ccccc1C)c1cc(-c2c3ccccc3c(-c3ccc4nc(-c5ccccc5)c(-c5ccccc5)nc4c3)c3ccccc23)ccc1C1C2=C(C=CCC2)c2ccccc21.CC. The highest BCUT2D eigenvalue weighted by Crippen LogP contribution is 2.61. The molecule has 3 aliphatic rings. The summed E-state index contributed by atoms with van der Waals surface area (Å²) in [5.74, 6) is 0.0719. The van der Waals surface area contributed by atoms with Gasteiger partial charge in [0.25, 0.3) is 0 Å². The molecule has 0 spiro atoms. The highest BCUT2D eigenvalue weighted by molar-refractivity contribution is 6.22. The Morgan fingerprint density at radius 1 is 0.500 bits per heavy atom. The molecule has 3 aliphatic carbocycles. The zero-order valence-corrected chi connectivity index (χ0v) is 44.8. The summed E-state index contributed by atoms with van der Waals surface area (Å²) in [6, 6.07) is 80.3. The fourth-order valence-corrected chi connectivity index (χ4v) is 13.3. The van der Waals surface area contributed by atoms with Crippen molar-refractivity contribution in [1.82, 2.24) is 9.97 Å². The molecule has 1 heterocycles. The van der Waals surface area contributed by atoms with E-state index in [0.717, 1.165) is 57.5 Å². The molecule has 14 rings (SSSR count). The third kappa shape index (κ3) is 7.61. The minimum atomic E-state index is -0.722. The third-order valence-electron chi connectivity index (χ3n) is 16.6. The molecule has 0 bridgehead atoms. The Kier molecular flexibility index (Phi) is 12.4. The molecule has 0 N–H and O–H groups in total. The van der Waals surface area contributed by atoms with Gasteiger partial charge < -0.3 is 0 Å². The first-order valence-electron chi connectivity index (χ1n) is 27.7. The van der Waals surface area contributed by atoms with Crippen LogP contribution in [0.25, 0.3) is 88.5 Å². The van der Waals surface area contributed by atoms with Gasteiger partial charge in [-0.1, -0.05) is 257 Å². The van der Waals surface area contributed by atoms with E-state index in [4.69, 9.17) is 16.5 Å². The smallest absolute Gasteiger partial charge is 0.0973 e. The molecule has 2 nitrogen and oxygen atoms in total. The molecule has 0 fully saturated rings. The Morgan fingerprint density at radius 3 is 1.68 bits per heavy atom. The summed E-state index contributed by atoms with van der Waals surface area (Å²) >= 11 is 0. The summed E-state index contributed by atoms with van der Waals surface area (Å²) in [6.07, 6.45) is 13.4. The average molecular weight is 1000 g/mol. The van der Waals surface area contributed by atoms with Gasteiger partial charge in [-0.15, -0.1) is 0 Å². The van der Waals surface area contributed by atoms with Gasteiger partial charge in [0.05, 0.1) is 27.8 Å². The molecular weight excluding hydrogens is 941 g/mol. The van der Waals surface area contributed by atoms with Crippen LogP contribution in [-0.4, -0.2) is 9.97 Å². The lowest BCUT2D eigenvalue weighted by atomic mass is 9.63. The van der Waals surface area contributed by atoms with Crippen LogP contribution in [0.4, 0.5) is 0 Å². The molecule has 2 atom stereocenters. The van der Waals surface area contributed by atoms with Gasteiger partial charge in [-0.25, -0.2) is 9.97 Å². The summed E-state index contributed by atoms with van der Waals surface area (Å²) in [7, 11) is 0. The van der Waals surface area contributed by atoms with Crippen molar-refractivity contribution in [1.29, 1.82) is 0 Å². The number of hydrogen-bond acceptors (Lipinski definition) is 2. The molecule has 0 saturated heterocycles.